The molecule has 0 aromatic heterocycles. The molecule has 0 fully saturated rings. The molecule has 2 heteroatoms. The van der Waals surface area contributed by atoms with E-state index < -0.39 is 19.1 Å². The molecule has 0 unspecified atom stereocenters. The van der Waals surface area contributed by atoms with Crippen molar-refractivity contribution >= 4 is 34.9 Å². The Kier molecular flexibility index (Phi) is 3.50. The Balaban J connectivity index is 2.30. The van der Waals surface area contributed by atoms with Gasteiger partial charge in [0.05, 0.1) is 0 Å². The topological polar surface area (TPSA) is 0 Å². The Bertz CT molecular complexity index is 346. The molecule has 0 nitrogen and oxygen atoms in total. The van der Waals surface area contributed by atoms with Gasteiger partial charge in [0.1, 0.15) is 0 Å². The summed E-state index contributed by atoms with van der Waals surface area (Å²) in [4.78, 5) is 0. The second-order valence-corrected chi connectivity index (χ2v) is 9.77. The van der Waals surface area contributed by atoms with Crippen molar-refractivity contribution in [2.75, 3.05) is 0 Å². The summed E-state index contributed by atoms with van der Waals surface area (Å²) in [6.07, 6.45) is 0. The third kappa shape index (κ3) is 2.32. The third-order valence-electron chi connectivity index (χ3n) is 1.97. The van der Waals surface area contributed by atoms with Crippen molar-refractivity contribution in [3.63, 3.8) is 0 Å². The van der Waals surface area contributed by atoms with Crippen LogP contribution in [0.1, 0.15) is 0 Å². The zero-order chi connectivity index (χ0) is 9.80. The summed E-state index contributed by atoms with van der Waals surface area (Å²) < 4.78 is 2.65. The predicted octanol–water partition coefficient (Wildman–Crippen LogP) is 2.03. The Labute approximate surface area is 95.2 Å². The fourth-order valence-corrected chi connectivity index (χ4v) is 6.11. The summed E-state index contributed by atoms with van der Waals surface area (Å²) in [6, 6.07) is 20.8. The van der Waals surface area contributed by atoms with Gasteiger partial charge in [-0.15, -0.1) is 0 Å². The van der Waals surface area contributed by atoms with Crippen molar-refractivity contribution in [3.8, 4) is 0 Å². The first-order valence-electron chi connectivity index (χ1n) is 4.44. The molecule has 0 atom stereocenters. The van der Waals surface area contributed by atoms with E-state index in [2.05, 4.69) is 48.5 Å². The van der Waals surface area contributed by atoms with Crippen LogP contribution in [-0.2, 0) is 0 Å². The summed E-state index contributed by atoms with van der Waals surface area (Å²) in [7, 11) is 6.51. The van der Waals surface area contributed by atoms with E-state index in [1.165, 1.54) is 7.02 Å². The van der Waals surface area contributed by atoms with E-state index in [4.69, 9.17) is 8.83 Å². The third-order valence-corrected chi connectivity index (χ3v) is 8.87. The van der Waals surface area contributed by atoms with Gasteiger partial charge in [0.15, 0.2) is 0 Å². The average Bonchev–Trinajstić information content (AvgIpc) is 2.30. The molecule has 0 aliphatic rings. The normalized spacial score (nSPS) is 10.4. The first-order chi connectivity index (χ1) is 6.88. The Morgan fingerprint density at radius 1 is 0.643 bits per heavy atom. The van der Waals surface area contributed by atoms with E-state index in [0.717, 1.165) is 0 Å². The maximum absolute atomic E-state index is 6.51. The molecule has 0 saturated carbocycles. The van der Waals surface area contributed by atoms with E-state index in [1.807, 2.05) is 12.1 Å². The Hall–Kier alpha value is -0.452. The van der Waals surface area contributed by atoms with Gasteiger partial charge in [-0.25, -0.2) is 0 Å². The Morgan fingerprint density at radius 2 is 1.00 bits per heavy atom. The molecule has 0 radical (unpaired) electrons. The van der Waals surface area contributed by atoms with E-state index in [-0.39, 0.29) is 0 Å². The van der Waals surface area contributed by atoms with Crippen LogP contribution in [0.2, 0.25) is 0 Å². The van der Waals surface area contributed by atoms with Crippen LogP contribution in [0.4, 0.5) is 0 Å². The minimum atomic E-state index is -1.90. The molecular formula is C12H10ClSb. The van der Waals surface area contributed by atoms with Crippen molar-refractivity contribution in [2.45, 2.75) is 0 Å². The van der Waals surface area contributed by atoms with Gasteiger partial charge < -0.3 is 0 Å². The summed E-state index contributed by atoms with van der Waals surface area (Å²) in [5.41, 5.74) is 0. The number of benzene rings is 2. The van der Waals surface area contributed by atoms with Crippen LogP contribution in [0.3, 0.4) is 0 Å². The summed E-state index contributed by atoms with van der Waals surface area (Å²) in [5.74, 6) is 0. The Morgan fingerprint density at radius 3 is 1.36 bits per heavy atom. The van der Waals surface area contributed by atoms with Gasteiger partial charge in [0, 0.05) is 0 Å². The molecule has 2 rings (SSSR count). The SMILES string of the molecule is [Cl][Sb]([c]1ccccc1)[c]1ccccc1. The molecule has 0 bridgehead atoms. The summed E-state index contributed by atoms with van der Waals surface area (Å²) in [6.45, 7) is 0. The quantitative estimate of drug-likeness (QED) is 0.745. The first-order valence-corrected chi connectivity index (χ1v) is 10.2. The van der Waals surface area contributed by atoms with Crippen LogP contribution in [-0.4, -0.2) is 19.1 Å². The van der Waals surface area contributed by atoms with Gasteiger partial charge in [0.2, 0.25) is 0 Å². The van der Waals surface area contributed by atoms with Crippen molar-refractivity contribution < 1.29 is 0 Å². The molecule has 2 aromatic carbocycles. The van der Waals surface area contributed by atoms with Crippen molar-refractivity contribution in [1.29, 1.82) is 0 Å². The minimum absolute atomic E-state index is 1.32. The molecule has 70 valence electrons. The zero-order valence-corrected chi connectivity index (χ0v) is 10.9. The van der Waals surface area contributed by atoms with Gasteiger partial charge in [-0.3, -0.25) is 0 Å². The van der Waals surface area contributed by atoms with Crippen molar-refractivity contribution in [2.24, 2.45) is 0 Å². The predicted molar refractivity (Wildman–Crippen MR) is 63.8 cm³/mol. The van der Waals surface area contributed by atoms with Crippen LogP contribution in [0.25, 0.3) is 0 Å². The van der Waals surface area contributed by atoms with Crippen LogP contribution in [0, 0.1) is 0 Å². The van der Waals surface area contributed by atoms with Crippen LogP contribution >= 0.6 is 8.83 Å². The molecule has 2 aromatic rings. The zero-order valence-electron chi connectivity index (χ0n) is 7.60. The standard InChI is InChI=1S/2C6H5.ClH.Sb/c2*1-2-4-6-5-3-1;;/h2*1-5H;1H;/q;;;+1/p-1. The molecule has 0 aliphatic carbocycles. The second-order valence-electron chi connectivity index (χ2n) is 2.95. The van der Waals surface area contributed by atoms with Gasteiger partial charge in [-0.2, -0.15) is 0 Å². The molecule has 0 spiro atoms. The van der Waals surface area contributed by atoms with Gasteiger partial charge in [-0.1, -0.05) is 0 Å². The van der Waals surface area contributed by atoms with Crippen LogP contribution in [0.5, 0.6) is 0 Å². The van der Waals surface area contributed by atoms with E-state index in [1.54, 1.807) is 0 Å². The first kappa shape index (κ1) is 10.1. The van der Waals surface area contributed by atoms with E-state index in [0.29, 0.717) is 0 Å². The van der Waals surface area contributed by atoms with Gasteiger partial charge in [-0.05, 0) is 0 Å². The average molecular weight is 311 g/mol. The molecule has 14 heavy (non-hydrogen) atoms. The monoisotopic (exact) mass is 310 g/mol. The number of rotatable bonds is 2. The van der Waals surface area contributed by atoms with E-state index >= 15 is 0 Å². The van der Waals surface area contributed by atoms with Crippen LogP contribution < -0.4 is 7.02 Å². The number of hydrogen-bond acceptors (Lipinski definition) is 0. The molecule has 0 saturated heterocycles. The van der Waals surface area contributed by atoms with Gasteiger partial charge >= 0.3 is 95.6 Å². The fraction of sp³-hybridized carbons (Fsp3) is 0. The molecular weight excluding hydrogens is 301 g/mol. The molecule has 0 aliphatic heterocycles. The van der Waals surface area contributed by atoms with Crippen LogP contribution in [0.15, 0.2) is 60.7 Å². The van der Waals surface area contributed by atoms with Crippen molar-refractivity contribution in [3.05, 3.63) is 60.7 Å². The van der Waals surface area contributed by atoms with Crippen molar-refractivity contribution in [1.82, 2.24) is 0 Å². The van der Waals surface area contributed by atoms with Gasteiger partial charge in [0.25, 0.3) is 0 Å². The molecule has 0 amide bonds. The van der Waals surface area contributed by atoms with E-state index in [9.17, 15) is 0 Å². The molecule has 0 N–H and O–H groups in total. The summed E-state index contributed by atoms with van der Waals surface area (Å²) >= 11 is -1.90. The molecule has 0 heterocycles. The summed E-state index contributed by atoms with van der Waals surface area (Å²) in [5, 5.41) is 0. The fourth-order valence-electron chi connectivity index (χ4n) is 1.27. The number of halogens is 1. The number of hydrogen-bond donors (Lipinski definition) is 0. The maximum atomic E-state index is 6.51. The second kappa shape index (κ2) is 4.86.